The lowest BCUT2D eigenvalue weighted by Gasteiger charge is -2.22. The molecule has 1 fully saturated rings. The van der Waals surface area contributed by atoms with E-state index in [2.05, 4.69) is 0 Å². The van der Waals surface area contributed by atoms with Crippen molar-refractivity contribution in [1.29, 1.82) is 0 Å². The molecule has 6 heteroatoms. The van der Waals surface area contributed by atoms with Gasteiger partial charge in [0, 0.05) is 5.92 Å². The van der Waals surface area contributed by atoms with E-state index in [1.165, 1.54) is 0 Å². The molecule has 1 aliphatic heterocycles. The Labute approximate surface area is 81.2 Å². The van der Waals surface area contributed by atoms with Crippen LogP contribution in [0.15, 0.2) is 0 Å². The molecule has 0 aromatic carbocycles. The van der Waals surface area contributed by atoms with Crippen LogP contribution < -0.4 is 0 Å². The summed E-state index contributed by atoms with van der Waals surface area (Å²) in [6, 6.07) is 0. The van der Waals surface area contributed by atoms with Crippen LogP contribution in [0.25, 0.3) is 0 Å². The highest BCUT2D eigenvalue weighted by Crippen LogP contribution is 2.25. The molecule has 1 atom stereocenters. The molecular formula is C7H10ClFO3S. The van der Waals surface area contributed by atoms with Crippen LogP contribution in [0.4, 0.5) is 4.39 Å². The summed E-state index contributed by atoms with van der Waals surface area (Å²) in [6.07, 6.45) is -1.32. The van der Waals surface area contributed by atoms with Crippen LogP contribution in [0.1, 0.15) is 12.8 Å². The maximum atomic E-state index is 13.0. The number of alkyl halides is 1. The summed E-state index contributed by atoms with van der Waals surface area (Å²) < 4.78 is 34.9. The molecule has 0 spiro atoms. The number of rotatable bonds is 2. The maximum Gasteiger partial charge on any atom is 0.256 e. The van der Waals surface area contributed by atoms with E-state index in [1.807, 2.05) is 0 Å². The van der Waals surface area contributed by atoms with Gasteiger partial charge in [0.15, 0.2) is 6.17 Å². The summed E-state index contributed by atoms with van der Waals surface area (Å²) in [5.41, 5.74) is 0. The van der Waals surface area contributed by atoms with Gasteiger partial charge in [-0.05, 0) is 24.4 Å². The van der Waals surface area contributed by atoms with Gasteiger partial charge in [-0.3, -0.25) is 4.79 Å². The van der Waals surface area contributed by atoms with E-state index < -0.39 is 27.2 Å². The molecule has 0 saturated carbocycles. The Balaban J connectivity index is 2.55. The fraction of sp³-hybridized carbons (Fsp3) is 0.857. The van der Waals surface area contributed by atoms with Crippen molar-refractivity contribution in [3.05, 3.63) is 0 Å². The lowest BCUT2D eigenvalue weighted by molar-refractivity contribution is -0.117. The number of carbonyl (C=O) groups is 1. The summed E-state index contributed by atoms with van der Waals surface area (Å²) in [5, 5.41) is -1.02. The second-order valence-electron chi connectivity index (χ2n) is 3.20. The molecule has 1 aliphatic rings. The van der Waals surface area contributed by atoms with Crippen molar-refractivity contribution in [3.8, 4) is 0 Å². The van der Waals surface area contributed by atoms with Gasteiger partial charge in [-0.1, -0.05) is 0 Å². The van der Waals surface area contributed by atoms with Crippen LogP contribution >= 0.6 is 11.6 Å². The quantitative estimate of drug-likeness (QED) is 0.661. The van der Waals surface area contributed by atoms with Gasteiger partial charge in [0.25, 0.3) is 5.24 Å². The minimum Gasteiger partial charge on any atom is -0.278 e. The molecule has 0 N–H and O–H groups in total. The normalized spacial score (nSPS) is 25.4. The van der Waals surface area contributed by atoms with Crippen LogP contribution in [-0.2, 0) is 14.6 Å². The van der Waals surface area contributed by atoms with E-state index in [-0.39, 0.29) is 24.3 Å². The second-order valence-corrected chi connectivity index (χ2v) is 5.87. The Morgan fingerprint density at radius 1 is 1.38 bits per heavy atom. The van der Waals surface area contributed by atoms with Gasteiger partial charge in [-0.15, -0.1) is 0 Å². The molecule has 1 rings (SSSR count). The Bertz CT molecular complexity index is 287. The third kappa shape index (κ3) is 2.91. The van der Waals surface area contributed by atoms with Crippen LogP contribution in [0.3, 0.4) is 0 Å². The maximum absolute atomic E-state index is 13.0. The monoisotopic (exact) mass is 228 g/mol. The van der Waals surface area contributed by atoms with E-state index in [0.29, 0.717) is 0 Å². The minimum absolute atomic E-state index is 0.0394. The Kier molecular flexibility index (Phi) is 3.29. The van der Waals surface area contributed by atoms with Crippen LogP contribution in [-0.4, -0.2) is 31.3 Å². The summed E-state index contributed by atoms with van der Waals surface area (Å²) >= 11 is 4.97. The molecule has 0 aliphatic carbocycles. The molecule has 0 aromatic heterocycles. The van der Waals surface area contributed by atoms with Crippen molar-refractivity contribution in [2.24, 2.45) is 5.92 Å². The van der Waals surface area contributed by atoms with Gasteiger partial charge in [-0.25, -0.2) is 12.8 Å². The molecule has 76 valence electrons. The van der Waals surface area contributed by atoms with Gasteiger partial charge in [0.1, 0.15) is 9.84 Å². The third-order valence-corrected chi connectivity index (χ3v) is 4.15. The van der Waals surface area contributed by atoms with Gasteiger partial charge in [0.2, 0.25) is 0 Å². The van der Waals surface area contributed by atoms with Crippen LogP contribution in [0.5, 0.6) is 0 Å². The first-order valence-corrected chi connectivity index (χ1v) is 6.16. The van der Waals surface area contributed by atoms with Crippen molar-refractivity contribution in [2.45, 2.75) is 19.0 Å². The average Bonchev–Trinajstić information content (AvgIpc) is 2.03. The molecule has 13 heavy (non-hydrogen) atoms. The molecule has 1 saturated heterocycles. The minimum atomic E-state index is -3.00. The highest BCUT2D eigenvalue weighted by Gasteiger charge is 2.32. The summed E-state index contributed by atoms with van der Waals surface area (Å²) in [5.74, 6) is -0.599. The number of carbonyl (C=O) groups excluding carboxylic acids is 1. The van der Waals surface area contributed by atoms with Crippen molar-refractivity contribution in [3.63, 3.8) is 0 Å². The Morgan fingerprint density at radius 2 is 1.85 bits per heavy atom. The lowest BCUT2D eigenvalue weighted by Crippen LogP contribution is -2.31. The van der Waals surface area contributed by atoms with Gasteiger partial charge < -0.3 is 0 Å². The lowest BCUT2D eigenvalue weighted by atomic mass is 9.98. The smallest absolute Gasteiger partial charge is 0.256 e. The number of hydrogen-bond donors (Lipinski definition) is 0. The topological polar surface area (TPSA) is 51.2 Å². The molecule has 0 bridgehead atoms. The van der Waals surface area contributed by atoms with Gasteiger partial charge in [-0.2, -0.15) is 0 Å². The predicted molar refractivity (Wildman–Crippen MR) is 47.1 cm³/mol. The van der Waals surface area contributed by atoms with E-state index in [4.69, 9.17) is 11.6 Å². The van der Waals surface area contributed by atoms with Gasteiger partial charge in [0.05, 0.1) is 11.5 Å². The fourth-order valence-electron chi connectivity index (χ4n) is 1.39. The summed E-state index contributed by atoms with van der Waals surface area (Å²) in [7, 11) is -3.00. The highest BCUT2D eigenvalue weighted by molar-refractivity contribution is 7.91. The molecular weight excluding hydrogens is 219 g/mol. The molecule has 0 radical (unpaired) electrons. The van der Waals surface area contributed by atoms with Crippen LogP contribution in [0.2, 0.25) is 0 Å². The molecule has 3 nitrogen and oxygen atoms in total. The van der Waals surface area contributed by atoms with E-state index in [0.717, 1.165) is 0 Å². The van der Waals surface area contributed by atoms with Crippen molar-refractivity contribution < 1.29 is 17.6 Å². The molecule has 0 aromatic rings. The first kappa shape index (κ1) is 10.9. The van der Waals surface area contributed by atoms with Gasteiger partial charge >= 0.3 is 0 Å². The zero-order valence-electron chi connectivity index (χ0n) is 6.87. The number of halogens is 2. The van der Waals surface area contributed by atoms with Crippen molar-refractivity contribution in [2.75, 3.05) is 11.5 Å². The standard InChI is InChI=1S/C7H10ClFO3S/c8-7(10)6(9)5-1-3-13(11,12)4-2-5/h5-6H,1-4H2. The number of hydrogen-bond acceptors (Lipinski definition) is 3. The molecule has 1 unspecified atom stereocenters. The predicted octanol–water partition coefficient (Wildman–Crippen LogP) is 0.915. The summed E-state index contributed by atoms with van der Waals surface area (Å²) in [4.78, 5) is 10.4. The zero-order chi connectivity index (χ0) is 10.1. The highest BCUT2D eigenvalue weighted by atomic mass is 35.5. The first-order valence-electron chi connectivity index (χ1n) is 3.96. The van der Waals surface area contributed by atoms with Crippen molar-refractivity contribution in [1.82, 2.24) is 0 Å². The first-order chi connectivity index (χ1) is 5.92. The summed E-state index contributed by atoms with van der Waals surface area (Å²) in [6.45, 7) is 0. The Morgan fingerprint density at radius 3 is 2.23 bits per heavy atom. The Hall–Kier alpha value is -0.160. The fourth-order valence-corrected chi connectivity index (χ4v) is 3.09. The van der Waals surface area contributed by atoms with Crippen molar-refractivity contribution >= 4 is 26.7 Å². The third-order valence-electron chi connectivity index (χ3n) is 2.23. The van der Waals surface area contributed by atoms with E-state index in [9.17, 15) is 17.6 Å². The van der Waals surface area contributed by atoms with E-state index in [1.54, 1.807) is 0 Å². The SMILES string of the molecule is O=C(Cl)C(F)C1CCS(=O)(=O)CC1. The largest absolute Gasteiger partial charge is 0.278 e. The zero-order valence-corrected chi connectivity index (χ0v) is 8.44. The molecule has 1 heterocycles. The van der Waals surface area contributed by atoms with Crippen LogP contribution in [0, 0.1) is 5.92 Å². The second kappa shape index (κ2) is 3.92. The van der Waals surface area contributed by atoms with E-state index >= 15 is 0 Å². The molecule has 0 amide bonds. The average molecular weight is 229 g/mol. The number of sulfone groups is 1.